The van der Waals surface area contributed by atoms with Crippen LogP contribution in [-0.4, -0.2) is 59.1 Å². The van der Waals surface area contributed by atoms with E-state index in [-0.39, 0.29) is 17.3 Å². The van der Waals surface area contributed by atoms with Gasteiger partial charge in [0.1, 0.15) is 17.8 Å². The number of nitrogens with zero attached hydrogens (tertiary/aromatic N) is 2. The molecule has 0 aromatic carbocycles. The van der Waals surface area contributed by atoms with E-state index < -0.39 is 72.2 Å². The number of likely N-dealkylation sites (tertiary alicyclic amines) is 1. The summed E-state index contributed by atoms with van der Waals surface area (Å²) in [7, 11) is 1.15. The highest BCUT2D eigenvalue weighted by atomic mass is 19.4. The molecule has 1 saturated heterocycles. The molecule has 12 heteroatoms. The predicted molar refractivity (Wildman–Crippen MR) is 101 cm³/mol. The first kappa shape index (κ1) is 22.0. The van der Waals surface area contributed by atoms with Gasteiger partial charge in [-0.05, 0) is 12.8 Å². The smallest absolute Gasteiger partial charge is 0.404 e. The molecule has 0 radical (unpaired) electrons. The second-order valence-electron chi connectivity index (χ2n) is 8.44. The average molecular weight is 450 g/mol. The minimum absolute atomic E-state index is 0.116. The van der Waals surface area contributed by atoms with Gasteiger partial charge in [-0.15, -0.1) is 0 Å². The van der Waals surface area contributed by atoms with Crippen LogP contribution in [0.25, 0.3) is 5.76 Å². The van der Waals surface area contributed by atoms with Crippen LogP contribution in [0.4, 0.5) is 22.0 Å². The lowest BCUT2D eigenvalue weighted by Gasteiger charge is -2.37. The quantitative estimate of drug-likeness (QED) is 0.683. The van der Waals surface area contributed by atoms with Crippen molar-refractivity contribution in [3.05, 3.63) is 37.9 Å². The summed E-state index contributed by atoms with van der Waals surface area (Å²) in [5, 5.41) is 0. The maximum Gasteiger partial charge on any atom is 0.404 e. The Morgan fingerprint density at radius 2 is 1.87 bits per heavy atom. The van der Waals surface area contributed by atoms with Crippen LogP contribution in [0.2, 0.25) is 0 Å². The summed E-state index contributed by atoms with van der Waals surface area (Å²) in [5.41, 5.74) is 3.92. The Labute approximate surface area is 173 Å². The number of hydrogen-bond acceptors (Lipinski definition) is 5. The molecular formula is C19H23F5N4O3. The normalized spacial score (nSPS) is 30.5. The van der Waals surface area contributed by atoms with Crippen molar-refractivity contribution in [1.29, 1.82) is 0 Å². The fraction of sp³-hybridized carbons (Fsp3) is 0.684. The number of nitrogens with one attached hydrogen (secondary N) is 1. The van der Waals surface area contributed by atoms with Crippen LogP contribution in [0.1, 0.15) is 43.0 Å². The van der Waals surface area contributed by atoms with Crippen molar-refractivity contribution in [2.75, 3.05) is 20.2 Å². The summed E-state index contributed by atoms with van der Waals surface area (Å²) in [4.78, 5) is 28.4. The molecule has 2 aliphatic carbocycles. The van der Waals surface area contributed by atoms with Crippen LogP contribution in [0.5, 0.6) is 0 Å². The van der Waals surface area contributed by atoms with Crippen LogP contribution >= 0.6 is 0 Å². The molecule has 1 saturated carbocycles. The van der Waals surface area contributed by atoms with Gasteiger partial charge in [-0.1, -0.05) is 6.92 Å². The van der Waals surface area contributed by atoms with E-state index in [4.69, 9.17) is 10.5 Å². The van der Waals surface area contributed by atoms with E-state index in [1.165, 1.54) is 9.47 Å². The largest absolute Gasteiger partial charge is 0.493 e. The zero-order chi connectivity index (χ0) is 22.8. The van der Waals surface area contributed by atoms with Gasteiger partial charge in [0.2, 0.25) is 0 Å². The number of nitrogens with two attached hydrogens (primary N) is 1. The molecule has 3 N–H and O–H groups in total. The summed E-state index contributed by atoms with van der Waals surface area (Å²) < 4.78 is 75.8. The molecule has 31 heavy (non-hydrogen) atoms. The monoisotopic (exact) mass is 450 g/mol. The van der Waals surface area contributed by atoms with Gasteiger partial charge in [0, 0.05) is 36.7 Å². The standard InChI is InChI=1S/C19H23F5N4O3/c1-7-13-11(17(29)26-18(30)28(13)8-3-4-8)15(31-2)12(21)14(7)27-5-9(10(20)6-27)16(25)19(22,23)24/h7-10,14,16H,3-6,25H2,1-2H3,(H,26,29,30). The van der Waals surface area contributed by atoms with Crippen LogP contribution in [0.15, 0.2) is 15.4 Å². The molecule has 172 valence electrons. The predicted octanol–water partition coefficient (Wildman–Crippen LogP) is 1.80. The highest BCUT2D eigenvalue weighted by molar-refractivity contribution is 5.67. The molecule has 1 aromatic rings. The highest BCUT2D eigenvalue weighted by Crippen LogP contribution is 2.45. The second-order valence-corrected chi connectivity index (χ2v) is 8.44. The van der Waals surface area contributed by atoms with Crippen LogP contribution in [-0.2, 0) is 4.74 Å². The van der Waals surface area contributed by atoms with E-state index >= 15 is 4.39 Å². The molecule has 2 heterocycles. The number of aromatic amines is 1. The minimum atomic E-state index is -4.79. The van der Waals surface area contributed by atoms with Crippen molar-refractivity contribution < 1.29 is 26.7 Å². The van der Waals surface area contributed by atoms with Crippen molar-refractivity contribution in [2.24, 2.45) is 11.7 Å². The fourth-order valence-corrected chi connectivity index (χ4v) is 4.85. The average Bonchev–Trinajstić information content (AvgIpc) is 3.43. The Bertz CT molecular complexity index is 1030. The van der Waals surface area contributed by atoms with Gasteiger partial charge in [0.25, 0.3) is 5.56 Å². The molecule has 1 aliphatic heterocycles. The lowest BCUT2D eigenvalue weighted by atomic mass is 9.85. The van der Waals surface area contributed by atoms with Gasteiger partial charge in [-0.25, -0.2) is 13.6 Å². The third kappa shape index (κ3) is 3.49. The van der Waals surface area contributed by atoms with Crippen molar-refractivity contribution in [2.45, 2.75) is 56.2 Å². The van der Waals surface area contributed by atoms with E-state index in [1.807, 2.05) is 0 Å². The lowest BCUT2D eigenvalue weighted by Crippen LogP contribution is -2.48. The van der Waals surface area contributed by atoms with Gasteiger partial charge in [-0.2, -0.15) is 13.2 Å². The van der Waals surface area contributed by atoms with E-state index in [9.17, 15) is 27.2 Å². The van der Waals surface area contributed by atoms with Crippen molar-refractivity contribution in [1.82, 2.24) is 14.5 Å². The van der Waals surface area contributed by atoms with E-state index in [0.29, 0.717) is 12.8 Å². The molecule has 4 rings (SSSR count). The van der Waals surface area contributed by atoms with Gasteiger partial charge >= 0.3 is 11.9 Å². The van der Waals surface area contributed by atoms with E-state index in [1.54, 1.807) is 6.92 Å². The third-order valence-electron chi connectivity index (χ3n) is 6.46. The molecular weight excluding hydrogens is 427 g/mol. The second kappa shape index (κ2) is 7.44. The van der Waals surface area contributed by atoms with Gasteiger partial charge in [0.05, 0.1) is 13.2 Å². The Hall–Kier alpha value is -2.21. The summed E-state index contributed by atoms with van der Waals surface area (Å²) in [6, 6.07) is -3.75. The topological polar surface area (TPSA) is 93.3 Å². The molecule has 3 aliphatic rings. The number of halogens is 5. The van der Waals surface area contributed by atoms with E-state index in [0.717, 1.165) is 7.11 Å². The van der Waals surface area contributed by atoms with Crippen molar-refractivity contribution >= 4 is 5.76 Å². The summed E-state index contributed by atoms with van der Waals surface area (Å²) >= 11 is 0. The Morgan fingerprint density at radius 3 is 2.42 bits per heavy atom. The van der Waals surface area contributed by atoms with Gasteiger partial charge < -0.3 is 10.5 Å². The number of methoxy groups -OCH3 is 1. The first-order chi connectivity index (χ1) is 14.5. The Morgan fingerprint density at radius 1 is 1.23 bits per heavy atom. The number of aromatic nitrogens is 2. The Balaban J connectivity index is 1.79. The number of fused-ring (bicyclic) bond motifs is 1. The number of rotatable bonds is 4. The van der Waals surface area contributed by atoms with Crippen molar-refractivity contribution in [3.63, 3.8) is 0 Å². The molecule has 7 nitrogen and oxygen atoms in total. The fourth-order valence-electron chi connectivity index (χ4n) is 4.85. The minimum Gasteiger partial charge on any atom is -0.493 e. The first-order valence-electron chi connectivity index (χ1n) is 10.0. The Kier molecular flexibility index (Phi) is 5.28. The van der Waals surface area contributed by atoms with Crippen LogP contribution < -0.4 is 17.0 Å². The SMILES string of the molecule is COC1=C(F)C(N2CC(F)C(C(N)C(F)(F)F)C2)C(C)c2c1c(=O)[nH]c(=O)n2C1CC1. The molecule has 2 fully saturated rings. The lowest BCUT2D eigenvalue weighted by molar-refractivity contribution is -0.161. The highest BCUT2D eigenvalue weighted by Gasteiger charge is 2.52. The first-order valence-corrected chi connectivity index (χ1v) is 10.0. The molecule has 5 unspecified atom stereocenters. The van der Waals surface area contributed by atoms with Crippen molar-refractivity contribution in [3.8, 4) is 0 Å². The zero-order valence-electron chi connectivity index (χ0n) is 16.9. The third-order valence-corrected chi connectivity index (χ3v) is 6.46. The maximum atomic E-state index is 15.5. The summed E-state index contributed by atoms with van der Waals surface area (Å²) in [5.74, 6) is -3.65. The number of ether oxygens (including phenoxy) is 1. The molecule has 1 aromatic heterocycles. The van der Waals surface area contributed by atoms with E-state index in [2.05, 4.69) is 4.98 Å². The maximum absolute atomic E-state index is 15.5. The molecule has 0 spiro atoms. The molecule has 0 bridgehead atoms. The summed E-state index contributed by atoms with van der Waals surface area (Å²) in [6.45, 7) is 0.686. The number of hydrogen-bond donors (Lipinski definition) is 2. The molecule has 5 atom stereocenters. The van der Waals surface area contributed by atoms with Gasteiger partial charge in [-0.3, -0.25) is 19.2 Å². The summed E-state index contributed by atoms with van der Waals surface area (Å²) in [6.07, 6.45) is -5.30. The molecule has 0 amide bonds. The van der Waals surface area contributed by atoms with Crippen LogP contribution in [0, 0.1) is 5.92 Å². The van der Waals surface area contributed by atoms with Crippen LogP contribution in [0.3, 0.4) is 0 Å². The number of alkyl halides is 4. The number of H-pyrrole nitrogens is 1. The van der Waals surface area contributed by atoms with Gasteiger partial charge in [0.15, 0.2) is 11.6 Å². The zero-order valence-corrected chi connectivity index (χ0v) is 16.9.